The number of aliphatic carboxylic acids is 1. The van der Waals surface area contributed by atoms with Crippen molar-refractivity contribution in [2.24, 2.45) is 5.92 Å². The third-order valence-corrected chi connectivity index (χ3v) is 1.99. The Kier molecular flexibility index (Phi) is 5.77. The largest absolute Gasteiger partial charge is 0.481 e. The summed E-state index contributed by atoms with van der Waals surface area (Å²) in [6.07, 6.45) is 2.26. The highest BCUT2D eigenvalue weighted by Gasteiger charge is 2.17. The SMILES string of the molecule is CCCC(CCOC(C)(C)C)C(=O)O. The predicted molar refractivity (Wildman–Crippen MR) is 56.4 cm³/mol. The molecule has 0 aromatic heterocycles. The molecular formula is C11H22O3. The highest BCUT2D eigenvalue weighted by atomic mass is 16.5. The summed E-state index contributed by atoms with van der Waals surface area (Å²) in [4.78, 5) is 10.8. The molecule has 0 aliphatic rings. The number of hydrogen-bond donors (Lipinski definition) is 1. The van der Waals surface area contributed by atoms with Crippen LogP contribution in [0.25, 0.3) is 0 Å². The molecule has 0 fully saturated rings. The Morgan fingerprint density at radius 1 is 1.36 bits per heavy atom. The van der Waals surface area contributed by atoms with E-state index in [-0.39, 0.29) is 11.5 Å². The van der Waals surface area contributed by atoms with Crippen molar-refractivity contribution >= 4 is 5.97 Å². The van der Waals surface area contributed by atoms with Gasteiger partial charge in [0.15, 0.2) is 0 Å². The summed E-state index contributed by atoms with van der Waals surface area (Å²) < 4.78 is 5.49. The molecule has 1 N–H and O–H groups in total. The zero-order valence-corrected chi connectivity index (χ0v) is 9.67. The van der Waals surface area contributed by atoms with Gasteiger partial charge in [-0.3, -0.25) is 4.79 Å². The second-order valence-corrected chi connectivity index (χ2v) is 4.57. The second-order valence-electron chi connectivity index (χ2n) is 4.57. The van der Waals surface area contributed by atoms with E-state index in [9.17, 15) is 4.79 Å². The number of hydrogen-bond acceptors (Lipinski definition) is 2. The van der Waals surface area contributed by atoms with Gasteiger partial charge in [-0.25, -0.2) is 0 Å². The van der Waals surface area contributed by atoms with E-state index >= 15 is 0 Å². The number of carbonyl (C=O) groups is 1. The first-order valence-corrected chi connectivity index (χ1v) is 5.23. The van der Waals surface area contributed by atoms with Crippen LogP contribution in [-0.2, 0) is 9.53 Å². The zero-order chi connectivity index (χ0) is 11.2. The van der Waals surface area contributed by atoms with Crippen LogP contribution in [0.3, 0.4) is 0 Å². The highest BCUT2D eigenvalue weighted by Crippen LogP contribution is 2.14. The van der Waals surface area contributed by atoms with Crippen molar-refractivity contribution in [1.82, 2.24) is 0 Å². The van der Waals surface area contributed by atoms with Crippen LogP contribution in [0.1, 0.15) is 47.0 Å². The third kappa shape index (κ3) is 6.89. The maximum absolute atomic E-state index is 10.8. The van der Waals surface area contributed by atoms with Crippen LogP contribution in [0.5, 0.6) is 0 Å². The number of carboxylic acids is 1. The summed E-state index contributed by atoms with van der Waals surface area (Å²) in [5.74, 6) is -0.952. The molecule has 0 radical (unpaired) electrons. The van der Waals surface area contributed by atoms with Gasteiger partial charge in [0.2, 0.25) is 0 Å². The molecular weight excluding hydrogens is 180 g/mol. The zero-order valence-electron chi connectivity index (χ0n) is 9.67. The fourth-order valence-electron chi connectivity index (χ4n) is 1.25. The minimum atomic E-state index is -0.704. The van der Waals surface area contributed by atoms with Crippen molar-refractivity contribution < 1.29 is 14.6 Å². The van der Waals surface area contributed by atoms with E-state index in [1.54, 1.807) is 0 Å². The molecule has 0 aliphatic carbocycles. The molecule has 0 aromatic rings. The summed E-state index contributed by atoms with van der Waals surface area (Å²) in [6, 6.07) is 0. The molecule has 0 aliphatic heterocycles. The van der Waals surface area contributed by atoms with E-state index in [4.69, 9.17) is 9.84 Å². The molecule has 84 valence electrons. The van der Waals surface area contributed by atoms with Gasteiger partial charge in [0.05, 0.1) is 11.5 Å². The van der Waals surface area contributed by atoms with Crippen LogP contribution < -0.4 is 0 Å². The molecule has 3 nitrogen and oxygen atoms in total. The van der Waals surface area contributed by atoms with Crippen molar-refractivity contribution in [1.29, 1.82) is 0 Å². The molecule has 3 heteroatoms. The first-order chi connectivity index (χ1) is 6.37. The molecule has 0 heterocycles. The highest BCUT2D eigenvalue weighted by molar-refractivity contribution is 5.69. The van der Waals surface area contributed by atoms with Crippen molar-refractivity contribution in [3.05, 3.63) is 0 Å². The molecule has 0 saturated carbocycles. The monoisotopic (exact) mass is 202 g/mol. The maximum Gasteiger partial charge on any atom is 0.306 e. The molecule has 0 amide bonds. The lowest BCUT2D eigenvalue weighted by molar-refractivity contribution is -0.143. The van der Waals surface area contributed by atoms with Gasteiger partial charge < -0.3 is 9.84 Å². The van der Waals surface area contributed by atoms with Crippen LogP contribution in [-0.4, -0.2) is 23.3 Å². The Morgan fingerprint density at radius 2 is 1.93 bits per heavy atom. The Hall–Kier alpha value is -0.570. The molecule has 14 heavy (non-hydrogen) atoms. The second kappa shape index (κ2) is 6.02. The van der Waals surface area contributed by atoms with Gasteiger partial charge in [0.25, 0.3) is 0 Å². The van der Waals surface area contributed by atoms with Crippen molar-refractivity contribution in [3.8, 4) is 0 Å². The van der Waals surface area contributed by atoms with E-state index in [0.717, 1.165) is 12.8 Å². The number of carboxylic acid groups (broad SMARTS) is 1. The Balaban J connectivity index is 3.77. The van der Waals surface area contributed by atoms with Crippen LogP contribution in [0.15, 0.2) is 0 Å². The Labute approximate surface area is 86.5 Å². The van der Waals surface area contributed by atoms with Gasteiger partial charge >= 0.3 is 5.97 Å². The van der Waals surface area contributed by atoms with Crippen LogP contribution in [0.2, 0.25) is 0 Å². The van der Waals surface area contributed by atoms with Crippen LogP contribution in [0.4, 0.5) is 0 Å². The van der Waals surface area contributed by atoms with E-state index in [2.05, 4.69) is 0 Å². The Morgan fingerprint density at radius 3 is 2.29 bits per heavy atom. The average Bonchev–Trinajstić information content (AvgIpc) is 2.00. The minimum Gasteiger partial charge on any atom is -0.481 e. The van der Waals surface area contributed by atoms with Crippen molar-refractivity contribution in [2.75, 3.05) is 6.61 Å². The third-order valence-electron chi connectivity index (χ3n) is 1.99. The summed E-state index contributed by atoms with van der Waals surface area (Å²) in [7, 11) is 0. The lowest BCUT2D eigenvalue weighted by Gasteiger charge is -2.20. The maximum atomic E-state index is 10.8. The smallest absolute Gasteiger partial charge is 0.306 e. The normalized spacial score (nSPS) is 14.0. The first kappa shape index (κ1) is 13.4. The fourth-order valence-corrected chi connectivity index (χ4v) is 1.25. The van der Waals surface area contributed by atoms with E-state index in [0.29, 0.717) is 13.0 Å². The van der Waals surface area contributed by atoms with Crippen LogP contribution >= 0.6 is 0 Å². The summed E-state index contributed by atoms with van der Waals surface area (Å²) in [5.41, 5.74) is -0.171. The summed E-state index contributed by atoms with van der Waals surface area (Å²) >= 11 is 0. The quantitative estimate of drug-likeness (QED) is 0.720. The Bertz CT molecular complexity index is 170. The van der Waals surface area contributed by atoms with Crippen LogP contribution in [0, 0.1) is 5.92 Å². The van der Waals surface area contributed by atoms with Gasteiger partial charge in [-0.1, -0.05) is 13.3 Å². The summed E-state index contributed by atoms with van der Waals surface area (Å²) in [6.45, 7) is 8.45. The first-order valence-electron chi connectivity index (χ1n) is 5.23. The van der Waals surface area contributed by atoms with Crippen molar-refractivity contribution in [2.45, 2.75) is 52.6 Å². The van der Waals surface area contributed by atoms with Crippen molar-refractivity contribution in [3.63, 3.8) is 0 Å². The molecule has 0 saturated heterocycles. The molecule has 0 spiro atoms. The van der Waals surface area contributed by atoms with E-state index in [1.807, 2.05) is 27.7 Å². The van der Waals surface area contributed by atoms with E-state index in [1.165, 1.54) is 0 Å². The van der Waals surface area contributed by atoms with Gasteiger partial charge in [0, 0.05) is 6.61 Å². The molecule has 1 atom stereocenters. The minimum absolute atomic E-state index is 0.171. The molecule has 1 unspecified atom stereocenters. The van der Waals surface area contributed by atoms with Gasteiger partial charge in [-0.15, -0.1) is 0 Å². The van der Waals surface area contributed by atoms with Gasteiger partial charge in [0.1, 0.15) is 0 Å². The summed E-state index contributed by atoms with van der Waals surface area (Å²) in [5, 5.41) is 8.88. The fraction of sp³-hybridized carbons (Fsp3) is 0.909. The number of rotatable bonds is 6. The molecule has 0 aromatic carbocycles. The number of ether oxygens (including phenoxy) is 1. The lowest BCUT2D eigenvalue weighted by atomic mass is 10.0. The topological polar surface area (TPSA) is 46.5 Å². The molecule has 0 rings (SSSR count). The van der Waals surface area contributed by atoms with Gasteiger partial charge in [-0.05, 0) is 33.6 Å². The predicted octanol–water partition coefficient (Wildman–Crippen LogP) is 2.69. The van der Waals surface area contributed by atoms with Gasteiger partial charge in [-0.2, -0.15) is 0 Å². The standard InChI is InChI=1S/C11H22O3/c1-5-6-9(10(12)13)7-8-14-11(2,3)4/h9H,5-8H2,1-4H3,(H,12,13). The van der Waals surface area contributed by atoms with E-state index < -0.39 is 5.97 Å². The lowest BCUT2D eigenvalue weighted by Crippen LogP contribution is -2.23. The average molecular weight is 202 g/mol. The molecule has 0 bridgehead atoms.